The van der Waals surface area contributed by atoms with Crippen molar-refractivity contribution in [3.05, 3.63) is 47.2 Å². The number of ether oxygens (including phenoxy) is 1. The molecule has 9 nitrogen and oxygen atoms in total. The van der Waals surface area contributed by atoms with E-state index in [1.165, 1.54) is 6.07 Å². The molecular formula is C17H19ClN2O7. The van der Waals surface area contributed by atoms with Crippen molar-refractivity contribution >= 4 is 17.5 Å². The van der Waals surface area contributed by atoms with Crippen molar-refractivity contribution in [1.82, 2.24) is 10.9 Å². The van der Waals surface area contributed by atoms with Crippen LogP contribution >= 0.6 is 11.6 Å². The van der Waals surface area contributed by atoms with Crippen LogP contribution in [0.1, 0.15) is 10.6 Å². The van der Waals surface area contributed by atoms with E-state index in [0.717, 1.165) is 5.56 Å². The van der Waals surface area contributed by atoms with E-state index in [9.17, 15) is 20.1 Å². The van der Waals surface area contributed by atoms with Crippen LogP contribution in [0.15, 0.2) is 40.8 Å². The molecule has 10 heteroatoms. The van der Waals surface area contributed by atoms with Crippen LogP contribution in [0.5, 0.6) is 0 Å². The Morgan fingerprint density at radius 2 is 1.74 bits per heavy atom. The van der Waals surface area contributed by atoms with Gasteiger partial charge in [-0.05, 0) is 36.4 Å². The van der Waals surface area contributed by atoms with Crippen molar-refractivity contribution in [2.24, 2.45) is 0 Å². The largest absolute Gasteiger partial charge is 0.451 e. The number of amides is 1. The molecule has 5 atom stereocenters. The Morgan fingerprint density at radius 1 is 1.04 bits per heavy atom. The molecule has 1 aromatic carbocycles. The molecule has 6 N–H and O–H groups in total. The number of carbonyl (C=O) groups is 1. The van der Waals surface area contributed by atoms with Gasteiger partial charge in [-0.1, -0.05) is 11.6 Å². The number of hydrazine groups is 1. The first-order chi connectivity index (χ1) is 12.9. The summed E-state index contributed by atoms with van der Waals surface area (Å²) < 4.78 is 10.7. The summed E-state index contributed by atoms with van der Waals surface area (Å²) >= 11 is 5.84. The van der Waals surface area contributed by atoms with E-state index in [4.69, 9.17) is 25.9 Å². The van der Waals surface area contributed by atoms with E-state index in [2.05, 4.69) is 10.9 Å². The monoisotopic (exact) mass is 398 g/mol. The number of benzene rings is 1. The molecule has 0 aliphatic carbocycles. The maximum absolute atomic E-state index is 12.2. The molecule has 1 aromatic heterocycles. The van der Waals surface area contributed by atoms with Gasteiger partial charge in [0.2, 0.25) is 0 Å². The summed E-state index contributed by atoms with van der Waals surface area (Å²) in [7, 11) is 0. The lowest BCUT2D eigenvalue weighted by Gasteiger charge is -2.40. The van der Waals surface area contributed by atoms with E-state index in [0.29, 0.717) is 10.8 Å². The molecule has 1 fully saturated rings. The second kappa shape index (κ2) is 8.36. The summed E-state index contributed by atoms with van der Waals surface area (Å²) in [5.74, 6) is -0.186. The van der Waals surface area contributed by atoms with E-state index in [1.807, 2.05) is 0 Å². The highest BCUT2D eigenvalue weighted by molar-refractivity contribution is 6.30. The summed E-state index contributed by atoms with van der Waals surface area (Å²) in [6, 6.07) is 9.96. The minimum atomic E-state index is -1.55. The Labute approximate surface area is 159 Å². The number of aliphatic hydroxyl groups excluding tert-OH is 4. The smallest absolute Gasteiger partial charge is 0.301 e. The lowest BCUT2D eigenvalue weighted by molar-refractivity contribution is -0.238. The quantitative estimate of drug-likeness (QED) is 0.374. The molecular weight excluding hydrogens is 380 g/mol. The first-order valence-corrected chi connectivity index (χ1v) is 8.50. The van der Waals surface area contributed by atoms with Crippen LogP contribution in [-0.2, 0) is 4.74 Å². The van der Waals surface area contributed by atoms with Crippen LogP contribution in [0.3, 0.4) is 0 Å². The Kier molecular flexibility index (Phi) is 6.12. The molecule has 27 heavy (non-hydrogen) atoms. The lowest BCUT2D eigenvalue weighted by atomic mass is 9.99. The van der Waals surface area contributed by atoms with Crippen LogP contribution in [0.4, 0.5) is 0 Å². The Balaban J connectivity index is 1.62. The van der Waals surface area contributed by atoms with Gasteiger partial charge in [-0.25, -0.2) is 5.43 Å². The van der Waals surface area contributed by atoms with Gasteiger partial charge in [-0.15, -0.1) is 0 Å². The van der Waals surface area contributed by atoms with Crippen molar-refractivity contribution in [2.75, 3.05) is 6.61 Å². The number of hydrogen-bond acceptors (Lipinski definition) is 8. The molecule has 2 aromatic rings. The fraction of sp³-hybridized carbons (Fsp3) is 0.353. The van der Waals surface area contributed by atoms with E-state index < -0.39 is 43.2 Å². The molecule has 0 saturated carbocycles. The number of carbonyl (C=O) groups excluding carboxylic acids is 1. The summed E-state index contributed by atoms with van der Waals surface area (Å²) in [5.41, 5.74) is 5.44. The van der Waals surface area contributed by atoms with Crippen LogP contribution in [-0.4, -0.2) is 63.6 Å². The molecule has 2 heterocycles. The third kappa shape index (κ3) is 4.30. The molecule has 0 spiro atoms. The Bertz CT molecular complexity index is 780. The Hall–Kier alpha value is -1.98. The van der Waals surface area contributed by atoms with Crippen LogP contribution in [0.25, 0.3) is 11.3 Å². The SMILES string of the molecule is O=C(NN[C@@H]1O[C@H](CO)[C@@H](O)[C@H](O)[C@@H]1O)c1ccc(-c2ccc(Cl)cc2)o1. The first kappa shape index (κ1) is 19.8. The molecule has 0 bridgehead atoms. The highest BCUT2D eigenvalue weighted by Crippen LogP contribution is 2.24. The maximum atomic E-state index is 12.2. The number of nitrogens with one attached hydrogen (secondary N) is 2. The van der Waals surface area contributed by atoms with Gasteiger partial charge < -0.3 is 29.6 Å². The lowest BCUT2D eigenvalue weighted by Crippen LogP contribution is -2.64. The number of furan rings is 1. The predicted molar refractivity (Wildman–Crippen MR) is 93.5 cm³/mol. The first-order valence-electron chi connectivity index (χ1n) is 8.13. The second-order valence-corrected chi connectivity index (χ2v) is 6.46. The number of halogens is 1. The fourth-order valence-corrected chi connectivity index (χ4v) is 2.77. The van der Waals surface area contributed by atoms with Crippen molar-refractivity contribution in [3.8, 4) is 11.3 Å². The van der Waals surface area contributed by atoms with Gasteiger partial charge in [-0.3, -0.25) is 10.2 Å². The van der Waals surface area contributed by atoms with Gasteiger partial charge in [0.1, 0.15) is 30.2 Å². The fourth-order valence-electron chi connectivity index (χ4n) is 2.65. The van der Waals surface area contributed by atoms with E-state index in [-0.39, 0.29) is 5.76 Å². The minimum absolute atomic E-state index is 0.00274. The molecule has 146 valence electrons. The highest BCUT2D eigenvalue weighted by atomic mass is 35.5. The minimum Gasteiger partial charge on any atom is -0.451 e. The zero-order chi connectivity index (χ0) is 19.6. The number of rotatable bonds is 5. The number of aliphatic hydroxyl groups is 4. The highest BCUT2D eigenvalue weighted by Gasteiger charge is 2.43. The predicted octanol–water partition coefficient (Wildman–Crippen LogP) is -0.366. The average molecular weight is 399 g/mol. The summed E-state index contributed by atoms with van der Waals surface area (Å²) in [4.78, 5) is 12.2. The summed E-state index contributed by atoms with van der Waals surface area (Å²) in [6.45, 7) is -0.570. The number of hydrogen-bond donors (Lipinski definition) is 6. The van der Waals surface area contributed by atoms with Crippen LogP contribution in [0.2, 0.25) is 5.02 Å². The molecule has 1 aliphatic heterocycles. The molecule has 0 radical (unpaired) electrons. The maximum Gasteiger partial charge on any atom is 0.301 e. The second-order valence-electron chi connectivity index (χ2n) is 6.02. The molecule has 3 rings (SSSR count). The van der Waals surface area contributed by atoms with E-state index >= 15 is 0 Å². The van der Waals surface area contributed by atoms with Gasteiger partial charge in [0.15, 0.2) is 12.0 Å². The Morgan fingerprint density at radius 3 is 2.41 bits per heavy atom. The third-order valence-corrected chi connectivity index (χ3v) is 4.43. The van der Waals surface area contributed by atoms with Gasteiger partial charge in [0.25, 0.3) is 0 Å². The van der Waals surface area contributed by atoms with Gasteiger partial charge in [0, 0.05) is 10.6 Å². The molecule has 1 saturated heterocycles. The third-order valence-electron chi connectivity index (χ3n) is 4.18. The normalized spacial score (nSPS) is 28.1. The average Bonchev–Trinajstić information content (AvgIpc) is 3.16. The van der Waals surface area contributed by atoms with Crippen molar-refractivity contribution in [1.29, 1.82) is 0 Å². The zero-order valence-electron chi connectivity index (χ0n) is 13.9. The van der Waals surface area contributed by atoms with Gasteiger partial charge in [0.05, 0.1) is 6.61 Å². The summed E-state index contributed by atoms with van der Waals surface area (Å²) in [5, 5.41) is 39.1. The van der Waals surface area contributed by atoms with Crippen LogP contribution < -0.4 is 10.9 Å². The molecule has 1 aliphatic rings. The van der Waals surface area contributed by atoms with E-state index in [1.54, 1.807) is 30.3 Å². The van der Waals surface area contributed by atoms with Crippen molar-refractivity contribution in [2.45, 2.75) is 30.6 Å². The molecule has 0 unspecified atom stereocenters. The standard InChI is InChI=1S/C17H19ClN2O7/c18-9-3-1-8(2-4-9)10-5-6-11(26-10)16(25)19-20-17-15(24)14(23)13(22)12(7-21)27-17/h1-6,12-15,17,20-24H,7H2,(H,19,25)/t12-,13-,14+,15+,17-/m1/s1. The van der Waals surface area contributed by atoms with Crippen molar-refractivity contribution in [3.63, 3.8) is 0 Å². The van der Waals surface area contributed by atoms with Crippen LogP contribution in [0, 0.1) is 0 Å². The van der Waals surface area contributed by atoms with Crippen molar-refractivity contribution < 1.29 is 34.4 Å². The topological polar surface area (TPSA) is 144 Å². The molecule has 1 amide bonds. The van der Waals surface area contributed by atoms with Gasteiger partial charge in [-0.2, -0.15) is 0 Å². The zero-order valence-corrected chi connectivity index (χ0v) is 14.7. The summed E-state index contributed by atoms with van der Waals surface area (Å²) in [6.07, 6.45) is -6.88. The van der Waals surface area contributed by atoms with Gasteiger partial charge >= 0.3 is 5.91 Å².